The van der Waals surface area contributed by atoms with Crippen LogP contribution in [0.15, 0.2) is 42.6 Å². The number of benzene rings is 1. The van der Waals surface area contributed by atoms with Gasteiger partial charge in [-0.1, -0.05) is 23.7 Å². The number of nitrogens with zero attached hydrogens (tertiary/aromatic N) is 2. The first-order valence-electron chi connectivity index (χ1n) is 6.51. The highest BCUT2D eigenvalue weighted by atomic mass is 35.5. The molecule has 1 aromatic carbocycles. The summed E-state index contributed by atoms with van der Waals surface area (Å²) >= 11 is 6.06. The van der Waals surface area contributed by atoms with Gasteiger partial charge in [-0.15, -0.1) is 0 Å². The standard InChI is InChI=1S/C16H14ClN3O/c1-20(2)16(21)14-9-13-12(6-7-18-15(13)19-14)10-4-3-5-11(17)8-10/h3-9H,1-2H3,(H,18,19). The molecule has 4 nitrogen and oxygen atoms in total. The molecule has 21 heavy (non-hydrogen) atoms. The third-order valence-corrected chi connectivity index (χ3v) is 3.54. The molecule has 0 fully saturated rings. The summed E-state index contributed by atoms with van der Waals surface area (Å²) in [5, 5.41) is 1.59. The lowest BCUT2D eigenvalue weighted by atomic mass is 10.0. The van der Waals surface area contributed by atoms with Crippen LogP contribution in [0.2, 0.25) is 5.02 Å². The Labute approximate surface area is 127 Å². The van der Waals surface area contributed by atoms with Crippen LogP contribution in [0, 0.1) is 0 Å². The Bertz CT molecular complexity index is 823. The van der Waals surface area contributed by atoms with E-state index < -0.39 is 0 Å². The van der Waals surface area contributed by atoms with Gasteiger partial charge in [-0.3, -0.25) is 4.79 Å². The van der Waals surface area contributed by atoms with E-state index in [1.807, 2.05) is 36.4 Å². The van der Waals surface area contributed by atoms with Crippen LogP contribution in [-0.4, -0.2) is 34.9 Å². The molecule has 0 aliphatic heterocycles. The van der Waals surface area contributed by atoms with Crippen LogP contribution >= 0.6 is 11.6 Å². The molecule has 0 saturated carbocycles. The quantitative estimate of drug-likeness (QED) is 0.786. The van der Waals surface area contributed by atoms with E-state index in [1.54, 1.807) is 20.3 Å². The van der Waals surface area contributed by atoms with Gasteiger partial charge >= 0.3 is 0 Å². The number of rotatable bonds is 2. The number of carbonyl (C=O) groups excluding carboxylic acids is 1. The zero-order chi connectivity index (χ0) is 15.0. The van der Waals surface area contributed by atoms with Gasteiger partial charge in [-0.2, -0.15) is 0 Å². The number of pyridine rings is 1. The SMILES string of the molecule is CN(C)C(=O)c1cc2c(-c3cccc(Cl)c3)ccnc2[nH]1. The van der Waals surface area contributed by atoms with Crippen LogP contribution in [0.25, 0.3) is 22.2 Å². The zero-order valence-electron chi connectivity index (χ0n) is 11.7. The second kappa shape index (κ2) is 5.22. The summed E-state index contributed by atoms with van der Waals surface area (Å²) in [5.41, 5.74) is 3.21. The van der Waals surface area contributed by atoms with Crippen LogP contribution in [0.5, 0.6) is 0 Å². The molecule has 2 heterocycles. The normalized spacial score (nSPS) is 10.8. The van der Waals surface area contributed by atoms with Crippen molar-refractivity contribution in [2.75, 3.05) is 14.1 Å². The van der Waals surface area contributed by atoms with E-state index in [9.17, 15) is 4.79 Å². The lowest BCUT2D eigenvalue weighted by molar-refractivity contribution is 0.0823. The van der Waals surface area contributed by atoms with Gasteiger partial charge in [-0.25, -0.2) is 4.98 Å². The molecule has 0 radical (unpaired) electrons. The number of carbonyl (C=O) groups is 1. The molecular weight excluding hydrogens is 286 g/mol. The molecule has 1 N–H and O–H groups in total. The Morgan fingerprint density at radius 3 is 2.76 bits per heavy atom. The zero-order valence-corrected chi connectivity index (χ0v) is 12.5. The predicted octanol–water partition coefficient (Wildman–Crippen LogP) is 3.59. The van der Waals surface area contributed by atoms with E-state index in [4.69, 9.17) is 11.6 Å². The van der Waals surface area contributed by atoms with E-state index in [0.29, 0.717) is 16.4 Å². The van der Waals surface area contributed by atoms with Crippen LogP contribution < -0.4 is 0 Å². The number of amides is 1. The first kappa shape index (κ1) is 13.6. The molecule has 3 aromatic rings. The van der Waals surface area contributed by atoms with E-state index >= 15 is 0 Å². The maximum Gasteiger partial charge on any atom is 0.269 e. The molecular formula is C16H14ClN3O. The lowest BCUT2D eigenvalue weighted by Crippen LogP contribution is -2.21. The second-order valence-corrected chi connectivity index (χ2v) is 5.45. The molecule has 0 bridgehead atoms. The van der Waals surface area contributed by atoms with E-state index in [-0.39, 0.29) is 5.91 Å². The number of aromatic amines is 1. The smallest absolute Gasteiger partial charge is 0.269 e. The first-order valence-corrected chi connectivity index (χ1v) is 6.89. The predicted molar refractivity (Wildman–Crippen MR) is 84.6 cm³/mol. The number of fused-ring (bicyclic) bond motifs is 1. The van der Waals surface area contributed by atoms with Crippen molar-refractivity contribution >= 4 is 28.5 Å². The highest BCUT2D eigenvalue weighted by Crippen LogP contribution is 2.29. The Balaban J connectivity index is 2.18. The molecule has 2 aromatic heterocycles. The fourth-order valence-corrected chi connectivity index (χ4v) is 2.48. The Kier molecular flexibility index (Phi) is 3.39. The molecule has 106 valence electrons. The van der Waals surface area contributed by atoms with Crippen molar-refractivity contribution in [1.82, 2.24) is 14.9 Å². The topological polar surface area (TPSA) is 49.0 Å². The monoisotopic (exact) mass is 299 g/mol. The average molecular weight is 300 g/mol. The van der Waals surface area contributed by atoms with Gasteiger partial charge < -0.3 is 9.88 Å². The second-order valence-electron chi connectivity index (χ2n) is 5.01. The van der Waals surface area contributed by atoms with Gasteiger partial charge in [0, 0.05) is 30.7 Å². The Morgan fingerprint density at radius 2 is 2.05 bits per heavy atom. The Hall–Kier alpha value is -2.33. The van der Waals surface area contributed by atoms with Crippen molar-refractivity contribution in [2.45, 2.75) is 0 Å². The molecule has 0 aliphatic carbocycles. The molecule has 0 aliphatic rings. The van der Waals surface area contributed by atoms with E-state index in [2.05, 4.69) is 9.97 Å². The molecule has 0 saturated heterocycles. The van der Waals surface area contributed by atoms with Crippen molar-refractivity contribution in [3.63, 3.8) is 0 Å². The third kappa shape index (κ3) is 2.50. The van der Waals surface area contributed by atoms with Gasteiger partial charge in [0.1, 0.15) is 11.3 Å². The number of nitrogens with one attached hydrogen (secondary N) is 1. The summed E-state index contributed by atoms with van der Waals surface area (Å²) in [6.07, 6.45) is 1.72. The molecule has 3 rings (SSSR count). The lowest BCUT2D eigenvalue weighted by Gasteiger charge is -2.07. The van der Waals surface area contributed by atoms with Crippen LogP contribution in [0.1, 0.15) is 10.5 Å². The van der Waals surface area contributed by atoms with Crippen LogP contribution in [-0.2, 0) is 0 Å². The maximum atomic E-state index is 12.1. The van der Waals surface area contributed by atoms with E-state index in [0.717, 1.165) is 16.5 Å². The summed E-state index contributed by atoms with van der Waals surface area (Å²) < 4.78 is 0. The molecule has 0 spiro atoms. The van der Waals surface area contributed by atoms with Gasteiger partial charge in [0.15, 0.2) is 0 Å². The highest BCUT2D eigenvalue weighted by molar-refractivity contribution is 6.30. The Morgan fingerprint density at radius 1 is 1.24 bits per heavy atom. The summed E-state index contributed by atoms with van der Waals surface area (Å²) in [6.45, 7) is 0. The summed E-state index contributed by atoms with van der Waals surface area (Å²) in [6, 6.07) is 11.4. The molecule has 0 atom stereocenters. The van der Waals surface area contributed by atoms with Crippen LogP contribution in [0.4, 0.5) is 0 Å². The number of halogens is 1. The minimum absolute atomic E-state index is 0.0787. The molecule has 0 unspecified atom stereocenters. The number of hydrogen-bond donors (Lipinski definition) is 1. The van der Waals surface area contributed by atoms with Crippen molar-refractivity contribution in [3.05, 3.63) is 53.3 Å². The van der Waals surface area contributed by atoms with Crippen LogP contribution in [0.3, 0.4) is 0 Å². The fraction of sp³-hybridized carbons (Fsp3) is 0.125. The highest BCUT2D eigenvalue weighted by Gasteiger charge is 2.14. The number of aromatic nitrogens is 2. The van der Waals surface area contributed by atoms with Crippen molar-refractivity contribution in [2.24, 2.45) is 0 Å². The summed E-state index contributed by atoms with van der Waals surface area (Å²) in [5.74, 6) is -0.0787. The number of H-pyrrole nitrogens is 1. The number of hydrogen-bond acceptors (Lipinski definition) is 2. The largest absolute Gasteiger partial charge is 0.344 e. The summed E-state index contributed by atoms with van der Waals surface area (Å²) in [7, 11) is 3.44. The van der Waals surface area contributed by atoms with Gasteiger partial charge in [0.05, 0.1) is 0 Å². The average Bonchev–Trinajstić information content (AvgIpc) is 2.90. The van der Waals surface area contributed by atoms with Crippen molar-refractivity contribution in [3.8, 4) is 11.1 Å². The minimum Gasteiger partial charge on any atom is -0.344 e. The molecule has 5 heteroatoms. The van der Waals surface area contributed by atoms with Crippen molar-refractivity contribution < 1.29 is 4.79 Å². The maximum absolute atomic E-state index is 12.1. The molecule has 1 amide bonds. The van der Waals surface area contributed by atoms with Gasteiger partial charge in [-0.05, 0) is 35.4 Å². The summed E-state index contributed by atoms with van der Waals surface area (Å²) in [4.78, 5) is 21.0. The fourth-order valence-electron chi connectivity index (χ4n) is 2.29. The first-order chi connectivity index (χ1) is 10.1. The van der Waals surface area contributed by atoms with Gasteiger partial charge in [0.2, 0.25) is 0 Å². The minimum atomic E-state index is -0.0787. The van der Waals surface area contributed by atoms with Gasteiger partial charge in [0.25, 0.3) is 5.91 Å². The van der Waals surface area contributed by atoms with E-state index in [1.165, 1.54) is 4.90 Å². The third-order valence-electron chi connectivity index (χ3n) is 3.30. The van der Waals surface area contributed by atoms with Crippen molar-refractivity contribution in [1.29, 1.82) is 0 Å².